The summed E-state index contributed by atoms with van der Waals surface area (Å²) in [5, 5.41) is 0. The predicted molar refractivity (Wildman–Crippen MR) is 86.3 cm³/mol. The highest BCUT2D eigenvalue weighted by atomic mass is 32.2. The number of sulfonamides is 1. The number of carbonyl (C=O) groups is 1. The first-order chi connectivity index (χ1) is 10.3. The van der Waals surface area contributed by atoms with Gasteiger partial charge in [0, 0.05) is 13.0 Å². The van der Waals surface area contributed by atoms with E-state index in [4.69, 9.17) is 0 Å². The van der Waals surface area contributed by atoms with Crippen LogP contribution in [0.25, 0.3) is 0 Å². The fourth-order valence-electron chi connectivity index (χ4n) is 2.54. The molecule has 0 amide bonds. The molecule has 0 aliphatic heterocycles. The number of benzene rings is 1. The Labute approximate surface area is 133 Å². The summed E-state index contributed by atoms with van der Waals surface area (Å²) >= 11 is 0. The highest BCUT2D eigenvalue weighted by Gasteiger charge is 2.19. The maximum atomic E-state index is 12.4. The minimum atomic E-state index is -3.49. The Bertz CT molecular complexity index is 600. The van der Waals surface area contributed by atoms with Gasteiger partial charge in [0.25, 0.3) is 0 Å². The van der Waals surface area contributed by atoms with Gasteiger partial charge in [0.2, 0.25) is 10.0 Å². The second-order valence-corrected chi connectivity index (χ2v) is 7.22. The Balaban J connectivity index is 2.54. The molecule has 1 aromatic carbocycles. The smallest absolute Gasteiger partial charge is 0.305 e. The van der Waals surface area contributed by atoms with Gasteiger partial charge in [-0.15, -0.1) is 0 Å². The first-order valence-corrected chi connectivity index (χ1v) is 8.90. The molecule has 0 bridgehead atoms. The largest absolute Gasteiger partial charge is 0.469 e. The van der Waals surface area contributed by atoms with Gasteiger partial charge in [-0.05, 0) is 44.7 Å². The summed E-state index contributed by atoms with van der Waals surface area (Å²) in [7, 11) is -2.12. The van der Waals surface area contributed by atoms with Crippen LogP contribution in [0.1, 0.15) is 42.4 Å². The molecule has 5 nitrogen and oxygen atoms in total. The molecule has 1 aromatic rings. The van der Waals surface area contributed by atoms with Crippen molar-refractivity contribution in [3.8, 4) is 0 Å². The molecule has 0 unspecified atom stereocenters. The lowest BCUT2D eigenvalue weighted by atomic mass is 10.1. The van der Waals surface area contributed by atoms with Gasteiger partial charge in [-0.3, -0.25) is 4.79 Å². The van der Waals surface area contributed by atoms with E-state index in [9.17, 15) is 13.2 Å². The molecular formula is C16H25NO4S. The zero-order valence-corrected chi connectivity index (χ0v) is 14.5. The molecule has 0 saturated heterocycles. The zero-order chi connectivity index (χ0) is 16.8. The summed E-state index contributed by atoms with van der Waals surface area (Å²) in [6.45, 7) is 5.94. The van der Waals surface area contributed by atoms with E-state index in [0.717, 1.165) is 23.1 Å². The van der Waals surface area contributed by atoms with Gasteiger partial charge in [0.1, 0.15) is 0 Å². The van der Waals surface area contributed by atoms with Gasteiger partial charge < -0.3 is 4.74 Å². The van der Waals surface area contributed by atoms with Crippen molar-refractivity contribution in [1.82, 2.24) is 4.72 Å². The van der Waals surface area contributed by atoms with Crippen LogP contribution in [0, 0.1) is 20.8 Å². The van der Waals surface area contributed by atoms with E-state index in [1.54, 1.807) is 0 Å². The van der Waals surface area contributed by atoms with Crippen molar-refractivity contribution in [2.45, 2.75) is 51.3 Å². The third-order valence-corrected chi connectivity index (χ3v) is 5.22. The number of rotatable bonds is 8. The van der Waals surface area contributed by atoms with Crippen molar-refractivity contribution in [3.63, 3.8) is 0 Å². The van der Waals surface area contributed by atoms with E-state index in [2.05, 4.69) is 9.46 Å². The molecule has 6 heteroatoms. The maximum absolute atomic E-state index is 12.4. The topological polar surface area (TPSA) is 72.5 Å². The number of hydrogen-bond donors (Lipinski definition) is 1. The van der Waals surface area contributed by atoms with Gasteiger partial charge in [0.15, 0.2) is 0 Å². The third kappa shape index (κ3) is 5.42. The Hall–Kier alpha value is -1.40. The summed E-state index contributed by atoms with van der Waals surface area (Å²) in [6.07, 6.45) is 2.56. The number of carbonyl (C=O) groups excluding carboxylic acids is 1. The highest BCUT2D eigenvalue weighted by Crippen LogP contribution is 2.21. The Kier molecular flexibility index (Phi) is 7.03. The third-order valence-electron chi connectivity index (χ3n) is 3.45. The molecule has 0 atom stereocenters. The van der Waals surface area contributed by atoms with Crippen LogP contribution in [0.5, 0.6) is 0 Å². The quantitative estimate of drug-likeness (QED) is 0.588. The molecule has 0 aliphatic rings. The first-order valence-electron chi connectivity index (χ1n) is 7.42. The normalized spacial score (nSPS) is 11.5. The number of nitrogens with one attached hydrogen (secondary N) is 1. The van der Waals surface area contributed by atoms with Crippen molar-refractivity contribution >= 4 is 16.0 Å². The minimum Gasteiger partial charge on any atom is -0.469 e. The number of methoxy groups -OCH3 is 1. The van der Waals surface area contributed by atoms with E-state index >= 15 is 0 Å². The van der Waals surface area contributed by atoms with Crippen molar-refractivity contribution < 1.29 is 17.9 Å². The van der Waals surface area contributed by atoms with Crippen LogP contribution in [-0.4, -0.2) is 28.0 Å². The number of ether oxygens (including phenoxy) is 1. The average Bonchev–Trinajstić information content (AvgIpc) is 2.40. The molecule has 0 aliphatic carbocycles. The number of hydrogen-bond acceptors (Lipinski definition) is 4. The van der Waals surface area contributed by atoms with E-state index in [1.165, 1.54) is 7.11 Å². The monoisotopic (exact) mass is 327 g/mol. The molecular weight excluding hydrogens is 302 g/mol. The van der Waals surface area contributed by atoms with Crippen molar-refractivity contribution in [1.29, 1.82) is 0 Å². The maximum Gasteiger partial charge on any atom is 0.305 e. The highest BCUT2D eigenvalue weighted by molar-refractivity contribution is 7.89. The fraction of sp³-hybridized carbons (Fsp3) is 0.562. The van der Waals surface area contributed by atoms with E-state index in [0.29, 0.717) is 30.7 Å². The fourth-order valence-corrected chi connectivity index (χ4v) is 4.07. The first kappa shape index (κ1) is 18.6. The van der Waals surface area contributed by atoms with Gasteiger partial charge >= 0.3 is 5.97 Å². The molecule has 124 valence electrons. The summed E-state index contributed by atoms with van der Waals surface area (Å²) in [4.78, 5) is 11.3. The van der Waals surface area contributed by atoms with Crippen LogP contribution in [0.2, 0.25) is 0 Å². The van der Waals surface area contributed by atoms with Crippen LogP contribution in [0.4, 0.5) is 0 Å². The Morgan fingerprint density at radius 3 is 2.23 bits per heavy atom. The summed E-state index contributed by atoms with van der Waals surface area (Å²) in [5.41, 5.74) is 2.57. The minimum absolute atomic E-state index is 0.230. The Morgan fingerprint density at radius 1 is 1.09 bits per heavy atom. The van der Waals surface area contributed by atoms with Crippen molar-refractivity contribution in [2.75, 3.05) is 13.7 Å². The molecule has 0 saturated carbocycles. The second kappa shape index (κ2) is 8.29. The lowest BCUT2D eigenvalue weighted by Gasteiger charge is -2.13. The van der Waals surface area contributed by atoms with Gasteiger partial charge in [-0.1, -0.05) is 24.1 Å². The van der Waals surface area contributed by atoms with Gasteiger partial charge in [-0.25, -0.2) is 13.1 Å². The van der Waals surface area contributed by atoms with E-state index in [1.807, 2.05) is 32.9 Å². The molecule has 1 rings (SSSR count). The number of aryl methyl sites for hydroxylation is 3. The molecule has 0 aromatic heterocycles. The summed E-state index contributed by atoms with van der Waals surface area (Å²) in [6, 6.07) is 3.75. The van der Waals surface area contributed by atoms with E-state index < -0.39 is 10.0 Å². The van der Waals surface area contributed by atoms with Crippen LogP contribution in [-0.2, 0) is 19.6 Å². The lowest BCUT2D eigenvalue weighted by Crippen LogP contribution is -2.26. The van der Waals surface area contributed by atoms with Crippen LogP contribution >= 0.6 is 0 Å². The van der Waals surface area contributed by atoms with Gasteiger partial charge in [-0.2, -0.15) is 0 Å². The average molecular weight is 327 g/mol. The van der Waals surface area contributed by atoms with Crippen molar-refractivity contribution in [3.05, 3.63) is 28.8 Å². The van der Waals surface area contributed by atoms with Crippen LogP contribution < -0.4 is 4.72 Å². The lowest BCUT2D eigenvalue weighted by molar-refractivity contribution is -0.140. The molecule has 22 heavy (non-hydrogen) atoms. The van der Waals surface area contributed by atoms with Crippen LogP contribution in [0.15, 0.2) is 17.0 Å². The van der Waals surface area contributed by atoms with Crippen molar-refractivity contribution in [2.24, 2.45) is 0 Å². The second-order valence-electron chi connectivity index (χ2n) is 5.51. The van der Waals surface area contributed by atoms with Gasteiger partial charge in [0.05, 0.1) is 12.0 Å². The summed E-state index contributed by atoms with van der Waals surface area (Å²) in [5.74, 6) is -0.230. The van der Waals surface area contributed by atoms with E-state index in [-0.39, 0.29) is 5.97 Å². The molecule has 0 heterocycles. The Morgan fingerprint density at radius 2 is 1.68 bits per heavy atom. The molecule has 0 radical (unpaired) electrons. The number of unbranched alkanes of at least 4 members (excludes halogenated alkanes) is 2. The molecule has 0 fully saturated rings. The zero-order valence-electron chi connectivity index (χ0n) is 13.7. The van der Waals surface area contributed by atoms with Crippen LogP contribution in [0.3, 0.4) is 0 Å². The molecule has 0 spiro atoms. The standard InChI is InChI=1S/C16H25NO4S/c1-12-10-13(2)16(14(3)11-12)22(19,20)17-9-7-5-6-8-15(18)21-4/h10-11,17H,5-9H2,1-4H3. The number of esters is 1. The SMILES string of the molecule is COC(=O)CCCCCNS(=O)(=O)c1c(C)cc(C)cc1C. The summed E-state index contributed by atoms with van der Waals surface area (Å²) < 4.78 is 32.0. The molecule has 1 N–H and O–H groups in total. The predicted octanol–water partition coefficient (Wildman–Crippen LogP) is 2.62.